The van der Waals surface area contributed by atoms with Gasteiger partial charge in [-0.2, -0.15) is 18.4 Å². The molecule has 3 fully saturated rings. The Labute approximate surface area is 179 Å². The highest BCUT2D eigenvalue weighted by Gasteiger charge is 2.48. The molecule has 0 aromatic heterocycles. The predicted octanol–water partition coefficient (Wildman–Crippen LogP) is 3.31. The van der Waals surface area contributed by atoms with Crippen molar-refractivity contribution in [3.8, 4) is 6.07 Å². The van der Waals surface area contributed by atoms with Crippen LogP contribution in [0.5, 0.6) is 0 Å². The molecule has 6 nitrogen and oxygen atoms in total. The van der Waals surface area contributed by atoms with Crippen LogP contribution in [0.3, 0.4) is 0 Å². The van der Waals surface area contributed by atoms with Crippen LogP contribution in [0.2, 0.25) is 0 Å². The molecule has 1 spiro atoms. The number of nitriles is 1. The third-order valence-electron chi connectivity index (χ3n) is 6.64. The SMILES string of the molecule is N#Cc1cc(CC2CCN(C(=O)N3CC4(CCCC(=O)N4)C3)CC2)ccc1C(F)(F)F. The van der Waals surface area contributed by atoms with Gasteiger partial charge in [-0.15, -0.1) is 0 Å². The van der Waals surface area contributed by atoms with E-state index in [0.717, 1.165) is 31.7 Å². The van der Waals surface area contributed by atoms with E-state index in [9.17, 15) is 22.8 Å². The number of nitrogens with zero attached hydrogens (tertiary/aromatic N) is 3. The number of halogens is 3. The van der Waals surface area contributed by atoms with E-state index in [1.54, 1.807) is 11.0 Å². The topological polar surface area (TPSA) is 76.4 Å². The number of likely N-dealkylation sites (tertiary alicyclic amines) is 2. The van der Waals surface area contributed by atoms with Gasteiger partial charge in [-0.25, -0.2) is 4.79 Å². The van der Waals surface area contributed by atoms with Gasteiger partial charge >= 0.3 is 12.2 Å². The van der Waals surface area contributed by atoms with Gasteiger partial charge in [0.05, 0.1) is 22.7 Å². The molecular formula is C22H25F3N4O2. The molecule has 0 radical (unpaired) electrons. The molecule has 3 aliphatic heterocycles. The summed E-state index contributed by atoms with van der Waals surface area (Å²) >= 11 is 0. The van der Waals surface area contributed by atoms with E-state index in [2.05, 4.69) is 5.32 Å². The Kier molecular flexibility index (Phi) is 5.58. The second-order valence-electron chi connectivity index (χ2n) is 8.94. The van der Waals surface area contributed by atoms with Crippen molar-refractivity contribution >= 4 is 11.9 Å². The maximum absolute atomic E-state index is 13.0. The van der Waals surface area contributed by atoms with Gasteiger partial charge in [0, 0.05) is 32.6 Å². The van der Waals surface area contributed by atoms with Crippen molar-refractivity contribution < 1.29 is 22.8 Å². The van der Waals surface area contributed by atoms with E-state index >= 15 is 0 Å². The number of rotatable bonds is 2. The van der Waals surface area contributed by atoms with Crippen LogP contribution in [0.25, 0.3) is 0 Å². The second-order valence-corrected chi connectivity index (χ2v) is 8.94. The van der Waals surface area contributed by atoms with Crippen molar-refractivity contribution in [1.82, 2.24) is 15.1 Å². The second kappa shape index (κ2) is 8.06. The minimum Gasteiger partial charge on any atom is -0.347 e. The number of piperidine rings is 2. The van der Waals surface area contributed by atoms with Gasteiger partial charge in [0.1, 0.15) is 0 Å². The average molecular weight is 434 g/mol. The summed E-state index contributed by atoms with van der Waals surface area (Å²) in [6.07, 6.45) is -0.0925. The fourth-order valence-electron chi connectivity index (χ4n) is 4.98. The molecule has 31 heavy (non-hydrogen) atoms. The average Bonchev–Trinajstić information content (AvgIpc) is 2.71. The minimum atomic E-state index is -4.54. The van der Waals surface area contributed by atoms with Crippen molar-refractivity contribution in [2.45, 2.75) is 50.2 Å². The summed E-state index contributed by atoms with van der Waals surface area (Å²) < 4.78 is 38.9. The number of amides is 3. The van der Waals surface area contributed by atoms with Crippen LogP contribution in [-0.2, 0) is 17.4 Å². The van der Waals surface area contributed by atoms with Crippen LogP contribution in [0.4, 0.5) is 18.0 Å². The number of alkyl halides is 3. The van der Waals surface area contributed by atoms with Crippen LogP contribution in [-0.4, -0.2) is 53.5 Å². The first-order chi connectivity index (χ1) is 14.7. The standard InChI is InChI=1S/C22H25F3N4O2/c23-22(24,25)18-4-3-16(11-17(18)12-26)10-15-5-8-28(9-6-15)20(31)29-13-21(14-29)7-1-2-19(30)27-21/h3-4,11,15H,1-2,5-10,13-14H2,(H,27,30). The van der Waals surface area contributed by atoms with Crippen molar-refractivity contribution in [2.24, 2.45) is 5.92 Å². The summed E-state index contributed by atoms with van der Waals surface area (Å²) in [5.74, 6) is 0.315. The zero-order chi connectivity index (χ0) is 22.2. The molecule has 3 saturated heterocycles. The number of benzene rings is 1. The predicted molar refractivity (Wildman–Crippen MR) is 106 cm³/mol. The highest BCUT2D eigenvalue weighted by Crippen LogP contribution is 2.34. The number of carbonyl (C=O) groups excluding carboxylic acids is 2. The maximum Gasteiger partial charge on any atom is 0.417 e. The molecule has 1 aromatic rings. The fourth-order valence-corrected chi connectivity index (χ4v) is 4.98. The van der Waals surface area contributed by atoms with Gasteiger partial charge < -0.3 is 15.1 Å². The summed E-state index contributed by atoms with van der Waals surface area (Å²) in [6.45, 7) is 2.32. The van der Waals surface area contributed by atoms with Gasteiger partial charge in [0.2, 0.25) is 5.91 Å². The van der Waals surface area contributed by atoms with E-state index in [1.807, 2.05) is 4.90 Å². The van der Waals surface area contributed by atoms with Gasteiger partial charge in [-0.1, -0.05) is 6.07 Å². The van der Waals surface area contributed by atoms with Crippen LogP contribution in [0.15, 0.2) is 18.2 Å². The van der Waals surface area contributed by atoms with Crippen LogP contribution < -0.4 is 5.32 Å². The first kappa shape index (κ1) is 21.5. The van der Waals surface area contributed by atoms with Crippen LogP contribution in [0.1, 0.15) is 48.8 Å². The molecule has 0 bridgehead atoms. The molecule has 0 unspecified atom stereocenters. The third kappa shape index (κ3) is 4.48. The summed E-state index contributed by atoms with van der Waals surface area (Å²) in [7, 11) is 0. The zero-order valence-electron chi connectivity index (χ0n) is 17.2. The lowest BCUT2D eigenvalue weighted by Crippen LogP contribution is -2.73. The molecule has 9 heteroatoms. The smallest absolute Gasteiger partial charge is 0.347 e. The molecule has 4 rings (SSSR count). The maximum atomic E-state index is 13.0. The summed E-state index contributed by atoms with van der Waals surface area (Å²) in [4.78, 5) is 28.0. The Balaban J connectivity index is 1.28. The van der Waals surface area contributed by atoms with Gasteiger partial charge in [-0.05, 0) is 55.7 Å². The van der Waals surface area contributed by atoms with Crippen LogP contribution in [0, 0.1) is 17.2 Å². The highest BCUT2D eigenvalue weighted by atomic mass is 19.4. The number of carbonyl (C=O) groups is 2. The zero-order valence-corrected chi connectivity index (χ0v) is 17.2. The Morgan fingerprint density at radius 3 is 2.55 bits per heavy atom. The van der Waals surface area contributed by atoms with E-state index in [0.29, 0.717) is 44.6 Å². The first-order valence-corrected chi connectivity index (χ1v) is 10.6. The van der Waals surface area contributed by atoms with Crippen LogP contribution >= 0.6 is 0 Å². The number of hydrogen-bond donors (Lipinski definition) is 1. The molecule has 0 aliphatic carbocycles. The minimum absolute atomic E-state index is 0.00908. The number of hydrogen-bond acceptors (Lipinski definition) is 3. The molecule has 3 heterocycles. The molecule has 166 valence electrons. The van der Waals surface area contributed by atoms with Crippen molar-refractivity contribution in [2.75, 3.05) is 26.2 Å². The Bertz CT molecular complexity index is 910. The van der Waals surface area contributed by atoms with Crippen molar-refractivity contribution in [3.63, 3.8) is 0 Å². The van der Waals surface area contributed by atoms with E-state index in [1.165, 1.54) is 12.1 Å². The molecule has 3 aliphatic rings. The lowest BCUT2D eigenvalue weighted by Gasteiger charge is -2.53. The number of nitrogens with one attached hydrogen (secondary N) is 1. The Morgan fingerprint density at radius 1 is 1.23 bits per heavy atom. The molecule has 1 N–H and O–H groups in total. The monoisotopic (exact) mass is 434 g/mol. The Hall–Kier alpha value is -2.76. The summed E-state index contributed by atoms with van der Waals surface area (Å²) in [5.41, 5.74) is -0.781. The molecule has 3 amide bonds. The summed E-state index contributed by atoms with van der Waals surface area (Å²) in [5, 5.41) is 12.1. The fraction of sp³-hybridized carbons (Fsp3) is 0.591. The quantitative estimate of drug-likeness (QED) is 0.776. The highest BCUT2D eigenvalue weighted by molar-refractivity contribution is 5.80. The summed E-state index contributed by atoms with van der Waals surface area (Å²) in [6, 6.07) is 5.40. The van der Waals surface area contributed by atoms with Crippen molar-refractivity contribution in [1.29, 1.82) is 5.26 Å². The molecule has 0 atom stereocenters. The van der Waals surface area contributed by atoms with Crippen molar-refractivity contribution in [3.05, 3.63) is 34.9 Å². The van der Waals surface area contributed by atoms with Gasteiger partial charge in [0.15, 0.2) is 0 Å². The first-order valence-electron chi connectivity index (χ1n) is 10.6. The molecule has 0 saturated carbocycles. The number of urea groups is 1. The normalized spacial score (nSPS) is 21.4. The van der Waals surface area contributed by atoms with E-state index in [4.69, 9.17) is 5.26 Å². The van der Waals surface area contributed by atoms with E-state index < -0.39 is 11.7 Å². The van der Waals surface area contributed by atoms with E-state index in [-0.39, 0.29) is 29.0 Å². The van der Waals surface area contributed by atoms with Gasteiger partial charge in [0.25, 0.3) is 0 Å². The third-order valence-corrected chi connectivity index (χ3v) is 6.64. The lowest BCUT2D eigenvalue weighted by atomic mass is 9.81. The molecule has 1 aromatic carbocycles. The lowest BCUT2D eigenvalue weighted by molar-refractivity contribution is -0.137. The Morgan fingerprint density at radius 2 is 1.94 bits per heavy atom. The molecular weight excluding hydrogens is 409 g/mol. The van der Waals surface area contributed by atoms with Gasteiger partial charge in [-0.3, -0.25) is 4.79 Å². The largest absolute Gasteiger partial charge is 0.417 e.